The van der Waals surface area contributed by atoms with Crippen LogP contribution in [0.2, 0.25) is 0 Å². The molecule has 258 valence electrons. The highest BCUT2D eigenvalue weighted by molar-refractivity contribution is 7.09. The fourth-order valence-corrected chi connectivity index (χ4v) is 7.68. The first kappa shape index (κ1) is 35.6. The van der Waals surface area contributed by atoms with Gasteiger partial charge in [-0.1, -0.05) is 31.6 Å². The first-order chi connectivity index (χ1) is 22.2. The predicted octanol–water partition coefficient (Wildman–Crippen LogP) is 4.28. The fraction of sp³-hybridized carbons (Fsp3) is 0.629. The lowest BCUT2D eigenvalue weighted by Crippen LogP contribution is -2.55. The molecule has 12 heteroatoms. The molecule has 11 nitrogen and oxygen atoms in total. The summed E-state index contributed by atoms with van der Waals surface area (Å²) in [5.41, 5.74) is 1.50. The lowest BCUT2D eigenvalue weighted by Gasteiger charge is -2.41. The first-order valence-corrected chi connectivity index (χ1v) is 17.0. The third-order valence-corrected chi connectivity index (χ3v) is 10.6. The monoisotopic (exact) mass is 673 g/mol. The lowest BCUT2D eigenvalue weighted by atomic mass is 9.65. The second kappa shape index (κ2) is 14.4. The summed E-state index contributed by atoms with van der Waals surface area (Å²) in [5.74, 6) is -1.87. The summed E-state index contributed by atoms with van der Waals surface area (Å²) in [5, 5.41) is 23.6. The number of thiazole rings is 1. The Kier molecular flexibility index (Phi) is 10.9. The molecule has 0 aromatic carbocycles. The minimum atomic E-state index is -1.39. The molecule has 2 N–H and O–H groups in total. The number of hydrogen-bond donors (Lipinski definition) is 2. The minimum absolute atomic E-state index is 0.0178. The highest BCUT2D eigenvalue weighted by Gasteiger charge is 2.54. The second-order valence-electron chi connectivity index (χ2n) is 13.4. The van der Waals surface area contributed by atoms with E-state index in [1.807, 2.05) is 31.4 Å². The molecule has 0 saturated carbocycles. The number of aromatic nitrogens is 1. The molecule has 4 aliphatic rings. The second-order valence-corrected chi connectivity index (χ2v) is 14.5. The molecule has 1 fully saturated rings. The Morgan fingerprint density at radius 1 is 1.21 bits per heavy atom. The van der Waals surface area contributed by atoms with E-state index in [2.05, 4.69) is 37.9 Å². The van der Waals surface area contributed by atoms with E-state index in [-0.39, 0.29) is 31.0 Å². The topological polar surface area (TPSA) is 143 Å². The van der Waals surface area contributed by atoms with Crippen LogP contribution < -0.4 is 0 Å². The van der Waals surface area contributed by atoms with Gasteiger partial charge in [-0.3, -0.25) is 4.79 Å². The van der Waals surface area contributed by atoms with E-state index in [1.165, 1.54) is 29.9 Å². The SMILES string of the molecule is CO[C@@]12C=C[C@@](C)(O1)[C@@H](OC(=O)/C=C/c1csc(C)n1)C[C@H]1C(C)=CC[C@H](C(C)C)[C@H]1/C=C\2CO[C@@H]1OC[C@@H](O)[C@@H](O)[C@@H]1OC(C)=O. The van der Waals surface area contributed by atoms with Crippen molar-refractivity contribution in [2.45, 2.75) is 96.5 Å². The van der Waals surface area contributed by atoms with E-state index in [0.717, 1.165) is 11.4 Å². The van der Waals surface area contributed by atoms with Crippen LogP contribution in [0.4, 0.5) is 0 Å². The zero-order valence-electron chi connectivity index (χ0n) is 28.1. The molecule has 2 bridgehead atoms. The van der Waals surface area contributed by atoms with Gasteiger partial charge >= 0.3 is 11.9 Å². The molecule has 0 radical (unpaired) electrons. The van der Waals surface area contributed by atoms with Crippen LogP contribution >= 0.6 is 11.3 Å². The molecule has 3 aliphatic heterocycles. The van der Waals surface area contributed by atoms with Crippen LogP contribution in [0.15, 0.2) is 46.9 Å². The molecule has 1 saturated heterocycles. The molecular formula is C35H47NO10S. The van der Waals surface area contributed by atoms with Gasteiger partial charge < -0.3 is 38.6 Å². The third kappa shape index (κ3) is 7.64. The number of carbonyl (C=O) groups excluding carboxylic acids is 2. The van der Waals surface area contributed by atoms with Crippen LogP contribution in [0.1, 0.15) is 58.2 Å². The van der Waals surface area contributed by atoms with Crippen LogP contribution in [0.3, 0.4) is 0 Å². The molecule has 0 spiro atoms. The predicted molar refractivity (Wildman–Crippen MR) is 174 cm³/mol. The van der Waals surface area contributed by atoms with Gasteiger partial charge in [-0.25, -0.2) is 9.78 Å². The molecule has 10 atom stereocenters. The van der Waals surface area contributed by atoms with Crippen LogP contribution in [0.5, 0.6) is 0 Å². The van der Waals surface area contributed by atoms with Crippen LogP contribution in [-0.4, -0.2) is 89.6 Å². The van der Waals surface area contributed by atoms with Gasteiger partial charge in [0.15, 0.2) is 12.4 Å². The minimum Gasteiger partial charge on any atom is -0.456 e. The highest BCUT2D eigenvalue weighted by atomic mass is 32.1. The van der Waals surface area contributed by atoms with Crippen molar-refractivity contribution in [2.24, 2.45) is 23.7 Å². The molecule has 1 aromatic heterocycles. The van der Waals surface area contributed by atoms with Crippen molar-refractivity contribution in [1.29, 1.82) is 0 Å². The number of nitrogens with zero attached hydrogens (tertiary/aromatic N) is 1. The zero-order valence-corrected chi connectivity index (χ0v) is 28.9. The van der Waals surface area contributed by atoms with E-state index in [0.29, 0.717) is 23.6 Å². The van der Waals surface area contributed by atoms with Gasteiger partial charge in [0.1, 0.15) is 23.9 Å². The summed E-state index contributed by atoms with van der Waals surface area (Å²) in [6, 6.07) is 0. The summed E-state index contributed by atoms with van der Waals surface area (Å²) in [6.45, 7) is 11.3. The number of ether oxygens (including phenoxy) is 6. The van der Waals surface area contributed by atoms with Crippen LogP contribution in [-0.2, 0) is 38.0 Å². The number of carbonyl (C=O) groups is 2. The quantitative estimate of drug-likeness (QED) is 0.220. The summed E-state index contributed by atoms with van der Waals surface area (Å²) >= 11 is 1.51. The maximum absolute atomic E-state index is 13.3. The van der Waals surface area contributed by atoms with Crippen LogP contribution in [0, 0.1) is 30.6 Å². The maximum Gasteiger partial charge on any atom is 0.331 e. The van der Waals surface area contributed by atoms with Crippen LogP contribution in [0.25, 0.3) is 6.08 Å². The number of aliphatic hydroxyl groups is 2. The molecule has 4 heterocycles. The average molecular weight is 674 g/mol. The normalized spacial score (nSPS) is 38.2. The largest absolute Gasteiger partial charge is 0.456 e. The number of allylic oxidation sites excluding steroid dienone is 3. The number of aliphatic hydroxyl groups excluding tert-OH is 2. The fourth-order valence-electron chi connectivity index (χ4n) is 7.10. The van der Waals surface area contributed by atoms with Gasteiger partial charge in [-0.15, -0.1) is 11.3 Å². The summed E-state index contributed by atoms with van der Waals surface area (Å²) in [7, 11) is 1.55. The van der Waals surface area contributed by atoms with Gasteiger partial charge in [-0.2, -0.15) is 0 Å². The van der Waals surface area contributed by atoms with Crippen molar-refractivity contribution >= 4 is 29.4 Å². The number of rotatable bonds is 9. The Bertz CT molecular complexity index is 1430. The van der Waals surface area contributed by atoms with Gasteiger partial charge in [0.2, 0.25) is 5.79 Å². The summed E-state index contributed by atoms with van der Waals surface area (Å²) in [4.78, 5) is 29.5. The van der Waals surface area contributed by atoms with E-state index in [1.54, 1.807) is 13.2 Å². The third-order valence-electron chi connectivity index (χ3n) is 9.79. The highest BCUT2D eigenvalue weighted by Crippen LogP contribution is 2.49. The number of fused-ring (bicyclic) bond motifs is 3. The van der Waals surface area contributed by atoms with Gasteiger partial charge in [0.05, 0.1) is 23.9 Å². The van der Waals surface area contributed by atoms with Crippen molar-refractivity contribution in [3.63, 3.8) is 0 Å². The molecule has 47 heavy (non-hydrogen) atoms. The number of methoxy groups -OCH3 is 1. The van der Waals surface area contributed by atoms with Gasteiger partial charge in [-0.05, 0) is 75.5 Å². The summed E-state index contributed by atoms with van der Waals surface area (Å²) in [6.07, 6.45) is 6.91. The van der Waals surface area contributed by atoms with E-state index in [4.69, 9.17) is 28.4 Å². The van der Waals surface area contributed by atoms with Crippen molar-refractivity contribution in [3.8, 4) is 0 Å². The zero-order chi connectivity index (χ0) is 34.1. The Hall–Kier alpha value is -2.71. The standard InChI is InChI=1S/C35H47NO10S/c1-19(2)25-10-8-20(3)26-15-29(45-30(39)11-9-24-18-47-21(4)36-24)34(6)12-13-35(41-7,46-34)23(14-27(25)26)16-42-33-32(44-22(5)37)31(40)28(38)17-43-33/h8-9,11-14,18-19,25-29,31-33,38,40H,10,15-17H2,1-7H3/b11-9+,23-14-/t25-,26+,27-,28-,29+,31-,32+,33-,34-,35+/m1/s1. The van der Waals surface area contributed by atoms with Crippen molar-refractivity contribution in [3.05, 3.63) is 57.6 Å². The molecular weight excluding hydrogens is 626 g/mol. The number of esters is 2. The Morgan fingerprint density at radius 2 is 1.98 bits per heavy atom. The van der Waals surface area contributed by atoms with Gasteiger partial charge in [0.25, 0.3) is 0 Å². The lowest BCUT2D eigenvalue weighted by molar-refractivity contribution is -0.277. The van der Waals surface area contributed by atoms with Crippen molar-refractivity contribution in [1.82, 2.24) is 4.98 Å². The Morgan fingerprint density at radius 3 is 2.64 bits per heavy atom. The smallest absolute Gasteiger partial charge is 0.331 e. The Balaban J connectivity index is 1.49. The van der Waals surface area contributed by atoms with Crippen molar-refractivity contribution in [2.75, 3.05) is 20.3 Å². The molecule has 0 unspecified atom stereocenters. The molecule has 0 amide bonds. The molecule has 5 rings (SSSR count). The maximum atomic E-state index is 13.3. The molecule has 1 aliphatic carbocycles. The molecule has 1 aromatic rings. The first-order valence-electron chi connectivity index (χ1n) is 16.2. The number of hydrogen-bond acceptors (Lipinski definition) is 12. The van der Waals surface area contributed by atoms with E-state index < -0.39 is 54.0 Å². The van der Waals surface area contributed by atoms with E-state index in [9.17, 15) is 19.8 Å². The summed E-state index contributed by atoms with van der Waals surface area (Å²) < 4.78 is 36.3. The average Bonchev–Trinajstić information content (AvgIpc) is 3.61. The Labute approximate surface area is 280 Å². The number of aryl methyl sites for hydroxylation is 1. The van der Waals surface area contributed by atoms with Crippen molar-refractivity contribution < 1.29 is 48.2 Å². The van der Waals surface area contributed by atoms with E-state index >= 15 is 0 Å². The van der Waals surface area contributed by atoms with Gasteiger partial charge in [0, 0.05) is 31.1 Å².